The third-order valence-electron chi connectivity index (χ3n) is 4.67. The number of rotatable bonds is 3. The van der Waals surface area contributed by atoms with Crippen molar-refractivity contribution >= 4 is 31.8 Å². The molecule has 2 saturated heterocycles. The molecule has 0 amide bonds. The molecule has 0 aliphatic carbocycles. The van der Waals surface area contributed by atoms with Crippen molar-refractivity contribution in [2.75, 3.05) is 39.4 Å². The predicted molar refractivity (Wildman–Crippen MR) is 94.5 cm³/mol. The second kappa shape index (κ2) is 6.68. The first kappa shape index (κ1) is 16.4. The highest BCUT2D eigenvalue weighted by atomic mass is 32.2. The van der Waals surface area contributed by atoms with Gasteiger partial charge in [-0.2, -0.15) is 17.0 Å². The lowest BCUT2D eigenvalue weighted by molar-refractivity contribution is 0.0695. The van der Waals surface area contributed by atoms with Gasteiger partial charge in [-0.15, -0.1) is 11.3 Å². The third kappa shape index (κ3) is 3.09. The smallest absolute Gasteiger partial charge is 0.282 e. The van der Waals surface area contributed by atoms with Crippen LogP contribution in [0.4, 0.5) is 0 Å². The van der Waals surface area contributed by atoms with Crippen LogP contribution in [0.5, 0.6) is 0 Å². The molecule has 8 heteroatoms. The Morgan fingerprint density at radius 2 is 1.92 bits per heavy atom. The van der Waals surface area contributed by atoms with Crippen molar-refractivity contribution in [3.63, 3.8) is 0 Å². The molecule has 1 atom stereocenters. The molecule has 0 spiro atoms. The van der Waals surface area contributed by atoms with E-state index in [1.165, 1.54) is 4.70 Å². The fourth-order valence-corrected chi connectivity index (χ4v) is 6.12. The van der Waals surface area contributed by atoms with E-state index < -0.39 is 10.2 Å². The Morgan fingerprint density at radius 1 is 1.12 bits per heavy atom. The normalized spacial score (nSPS) is 24.4. The van der Waals surface area contributed by atoms with Gasteiger partial charge in [-0.05, 0) is 25.0 Å². The second-order valence-electron chi connectivity index (χ2n) is 6.24. The minimum absolute atomic E-state index is 0.187. The maximum absolute atomic E-state index is 12.9. The monoisotopic (exact) mass is 367 g/mol. The van der Waals surface area contributed by atoms with E-state index in [0.29, 0.717) is 39.4 Å². The Hall–Kier alpha value is -1.06. The average molecular weight is 367 g/mol. The van der Waals surface area contributed by atoms with Crippen LogP contribution in [-0.4, -0.2) is 61.4 Å². The summed E-state index contributed by atoms with van der Waals surface area (Å²) in [5.74, 6) is 0.187. The number of piperidine rings is 1. The predicted octanol–water partition coefficient (Wildman–Crippen LogP) is 2.05. The summed E-state index contributed by atoms with van der Waals surface area (Å²) in [6.07, 6.45) is 1.87. The SMILES string of the molecule is O=S(=O)(N1CCOCC1)N1CCC[C@@H](c2nc3ccccc3s2)C1. The van der Waals surface area contributed by atoms with Crippen molar-refractivity contribution in [3.05, 3.63) is 29.3 Å². The molecular formula is C16H21N3O3S2. The van der Waals surface area contributed by atoms with E-state index in [9.17, 15) is 8.42 Å². The maximum atomic E-state index is 12.9. The summed E-state index contributed by atoms with van der Waals surface area (Å²) in [5.41, 5.74) is 1.01. The molecule has 130 valence electrons. The van der Waals surface area contributed by atoms with E-state index in [-0.39, 0.29) is 5.92 Å². The first-order chi connectivity index (χ1) is 11.6. The Kier molecular flexibility index (Phi) is 4.57. The molecule has 3 heterocycles. The van der Waals surface area contributed by atoms with Crippen LogP contribution < -0.4 is 0 Å². The lowest BCUT2D eigenvalue weighted by atomic mass is 10.0. The van der Waals surface area contributed by atoms with Crippen LogP contribution in [0.1, 0.15) is 23.8 Å². The van der Waals surface area contributed by atoms with E-state index in [2.05, 4.69) is 6.07 Å². The molecule has 1 aromatic heterocycles. The summed E-state index contributed by atoms with van der Waals surface area (Å²) in [4.78, 5) is 4.73. The molecule has 0 unspecified atom stereocenters. The average Bonchev–Trinajstić information content (AvgIpc) is 3.07. The highest BCUT2D eigenvalue weighted by Gasteiger charge is 2.35. The van der Waals surface area contributed by atoms with Crippen LogP contribution in [-0.2, 0) is 14.9 Å². The van der Waals surface area contributed by atoms with Crippen LogP contribution in [0.3, 0.4) is 0 Å². The molecule has 24 heavy (non-hydrogen) atoms. The van der Waals surface area contributed by atoms with Crippen LogP contribution in [0, 0.1) is 0 Å². The van der Waals surface area contributed by atoms with Gasteiger partial charge in [-0.25, -0.2) is 4.98 Å². The van der Waals surface area contributed by atoms with E-state index in [1.54, 1.807) is 19.9 Å². The van der Waals surface area contributed by atoms with Gasteiger partial charge in [0.05, 0.1) is 28.4 Å². The topological polar surface area (TPSA) is 62.7 Å². The molecule has 1 aromatic carbocycles. The number of hydrogen-bond donors (Lipinski definition) is 0. The van der Waals surface area contributed by atoms with Gasteiger partial charge in [0.25, 0.3) is 10.2 Å². The van der Waals surface area contributed by atoms with Gasteiger partial charge >= 0.3 is 0 Å². The molecule has 0 saturated carbocycles. The molecule has 2 aliphatic heterocycles. The fraction of sp³-hybridized carbons (Fsp3) is 0.562. The quantitative estimate of drug-likeness (QED) is 0.833. The lowest BCUT2D eigenvalue weighted by Crippen LogP contribution is -2.51. The Balaban J connectivity index is 1.54. The van der Waals surface area contributed by atoms with Crippen LogP contribution in [0.25, 0.3) is 10.2 Å². The van der Waals surface area contributed by atoms with Crippen molar-refractivity contribution in [2.45, 2.75) is 18.8 Å². The van der Waals surface area contributed by atoms with Gasteiger partial charge < -0.3 is 4.74 Å². The van der Waals surface area contributed by atoms with Crippen LogP contribution in [0.15, 0.2) is 24.3 Å². The largest absolute Gasteiger partial charge is 0.379 e. The number of benzene rings is 1. The van der Waals surface area contributed by atoms with Crippen molar-refractivity contribution in [1.82, 2.24) is 13.6 Å². The first-order valence-corrected chi connectivity index (χ1v) is 10.5. The van der Waals surface area contributed by atoms with Gasteiger partial charge in [0.2, 0.25) is 0 Å². The van der Waals surface area contributed by atoms with E-state index in [0.717, 1.165) is 23.4 Å². The summed E-state index contributed by atoms with van der Waals surface area (Å²) in [6, 6.07) is 8.09. The van der Waals surface area contributed by atoms with Gasteiger partial charge in [0.15, 0.2) is 0 Å². The summed E-state index contributed by atoms with van der Waals surface area (Å²) in [7, 11) is -3.39. The number of thiazole rings is 1. The van der Waals surface area contributed by atoms with Crippen molar-refractivity contribution in [1.29, 1.82) is 0 Å². The van der Waals surface area contributed by atoms with E-state index in [1.807, 2.05) is 18.2 Å². The lowest BCUT2D eigenvalue weighted by Gasteiger charge is -2.36. The Labute approximate surface area is 146 Å². The van der Waals surface area contributed by atoms with E-state index in [4.69, 9.17) is 9.72 Å². The third-order valence-corrected chi connectivity index (χ3v) is 7.87. The number of morpholine rings is 1. The highest BCUT2D eigenvalue weighted by Crippen LogP contribution is 2.34. The van der Waals surface area contributed by atoms with Gasteiger partial charge in [-0.1, -0.05) is 12.1 Å². The molecule has 2 aromatic rings. The van der Waals surface area contributed by atoms with E-state index >= 15 is 0 Å². The molecular weight excluding hydrogens is 346 g/mol. The number of hydrogen-bond acceptors (Lipinski definition) is 5. The summed E-state index contributed by atoms with van der Waals surface area (Å²) < 4.78 is 35.4. The van der Waals surface area contributed by atoms with Crippen LogP contribution in [0.2, 0.25) is 0 Å². The first-order valence-electron chi connectivity index (χ1n) is 8.33. The zero-order valence-corrected chi connectivity index (χ0v) is 15.1. The van der Waals surface area contributed by atoms with Gasteiger partial charge in [0.1, 0.15) is 0 Å². The number of ether oxygens (including phenoxy) is 1. The Morgan fingerprint density at radius 3 is 2.71 bits per heavy atom. The maximum Gasteiger partial charge on any atom is 0.282 e. The summed E-state index contributed by atoms with van der Waals surface area (Å²) in [5, 5.41) is 1.05. The zero-order valence-electron chi connectivity index (χ0n) is 13.4. The van der Waals surface area contributed by atoms with Gasteiger partial charge in [0, 0.05) is 32.1 Å². The molecule has 2 aliphatic rings. The summed E-state index contributed by atoms with van der Waals surface area (Å²) in [6.45, 7) is 2.98. The molecule has 0 N–H and O–H groups in total. The highest BCUT2D eigenvalue weighted by molar-refractivity contribution is 7.86. The molecule has 0 bridgehead atoms. The second-order valence-corrected chi connectivity index (χ2v) is 9.23. The van der Waals surface area contributed by atoms with Crippen LogP contribution >= 0.6 is 11.3 Å². The molecule has 0 radical (unpaired) electrons. The molecule has 2 fully saturated rings. The number of nitrogens with zero attached hydrogens (tertiary/aromatic N) is 3. The Bertz CT molecular complexity index is 782. The standard InChI is InChI=1S/C16H21N3O3S2/c20-24(21,18-8-10-22-11-9-18)19-7-3-4-13(12-19)16-17-14-5-1-2-6-15(14)23-16/h1-2,5-6,13H,3-4,7-12H2/t13-/m1/s1. The van der Waals surface area contributed by atoms with Crippen molar-refractivity contribution in [3.8, 4) is 0 Å². The minimum Gasteiger partial charge on any atom is -0.379 e. The molecule has 6 nitrogen and oxygen atoms in total. The molecule has 4 rings (SSSR count). The fourth-order valence-electron chi connectivity index (χ4n) is 3.36. The number of aromatic nitrogens is 1. The van der Waals surface area contributed by atoms with Crippen molar-refractivity contribution in [2.24, 2.45) is 0 Å². The minimum atomic E-state index is -3.39. The number of fused-ring (bicyclic) bond motifs is 1. The van der Waals surface area contributed by atoms with Gasteiger partial charge in [-0.3, -0.25) is 0 Å². The van der Waals surface area contributed by atoms with Crippen molar-refractivity contribution < 1.29 is 13.2 Å². The summed E-state index contributed by atoms with van der Waals surface area (Å²) >= 11 is 1.69. The zero-order chi connectivity index (χ0) is 16.6. The number of para-hydroxylation sites is 1.